The molecule has 2 aromatic rings. The molecule has 0 aliphatic rings. The van der Waals surface area contributed by atoms with Gasteiger partial charge in [-0.25, -0.2) is 4.98 Å². The van der Waals surface area contributed by atoms with Crippen LogP contribution in [0.4, 0.5) is 0 Å². The molecule has 0 saturated heterocycles. The fourth-order valence-electron chi connectivity index (χ4n) is 1.42. The highest BCUT2D eigenvalue weighted by atomic mass is 79.9. The summed E-state index contributed by atoms with van der Waals surface area (Å²) < 4.78 is 6.05. The minimum atomic E-state index is -0.289. The van der Waals surface area contributed by atoms with Gasteiger partial charge in [0.1, 0.15) is 16.7 Å². The molecule has 94 valence electrons. The molecule has 0 saturated carbocycles. The average Bonchev–Trinajstić information content (AvgIpc) is 2.75. The van der Waals surface area contributed by atoms with Crippen LogP contribution in [0.25, 0.3) is 0 Å². The summed E-state index contributed by atoms with van der Waals surface area (Å²) in [4.78, 5) is 15.8. The Labute approximate surface area is 117 Å². The van der Waals surface area contributed by atoms with E-state index in [2.05, 4.69) is 26.2 Å². The third-order valence-electron chi connectivity index (χ3n) is 2.27. The molecular weight excluding hydrogens is 320 g/mol. The van der Waals surface area contributed by atoms with Gasteiger partial charge < -0.3 is 9.73 Å². The van der Waals surface area contributed by atoms with Gasteiger partial charge in [-0.3, -0.25) is 4.79 Å². The number of carbonyl (C=O) groups excluding carboxylic acids is 1. The van der Waals surface area contributed by atoms with E-state index in [1.165, 1.54) is 6.20 Å². The molecule has 0 aliphatic heterocycles. The van der Waals surface area contributed by atoms with Crippen molar-refractivity contribution in [3.63, 3.8) is 0 Å². The topological polar surface area (TPSA) is 55.1 Å². The molecule has 0 unspecified atom stereocenters. The molecule has 0 bridgehead atoms. The van der Waals surface area contributed by atoms with Gasteiger partial charge in [0, 0.05) is 10.7 Å². The second-order valence-electron chi connectivity index (χ2n) is 3.69. The molecule has 2 aromatic heterocycles. The number of furan rings is 1. The van der Waals surface area contributed by atoms with Crippen LogP contribution in [-0.2, 0) is 6.54 Å². The van der Waals surface area contributed by atoms with E-state index in [4.69, 9.17) is 16.0 Å². The highest BCUT2D eigenvalue weighted by Gasteiger charge is 2.12. The number of amides is 1. The Morgan fingerprint density at radius 3 is 3.00 bits per heavy atom. The van der Waals surface area contributed by atoms with Crippen LogP contribution in [0.15, 0.2) is 33.3 Å². The number of pyridine rings is 1. The zero-order valence-corrected chi connectivity index (χ0v) is 11.9. The predicted octanol–water partition coefficient (Wildman–Crippen LogP) is 3.33. The summed E-state index contributed by atoms with van der Waals surface area (Å²) in [6.45, 7) is 2.16. The van der Waals surface area contributed by atoms with Crippen LogP contribution in [0.1, 0.15) is 21.9 Å². The van der Waals surface area contributed by atoms with Crippen molar-refractivity contribution < 1.29 is 9.21 Å². The molecule has 0 fully saturated rings. The van der Waals surface area contributed by atoms with Crippen LogP contribution in [0.2, 0.25) is 5.15 Å². The first kappa shape index (κ1) is 13.1. The number of nitrogens with zero attached hydrogens (tertiary/aromatic N) is 1. The summed E-state index contributed by atoms with van der Waals surface area (Å²) >= 11 is 9.11. The van der Waals surface area contributed by atoms with E-state index < -0.39 is 0 Å². The highest BCUT2D eigenvalue weighted by molar-refractivity contribution is 9.10. The minimum Gasteiger partial charge on any atom is -0.465 e. The van der Waals surface area contributed by atoms with Gasteiger partial charge in [0.25, 0.3) is 5.91 Å². The van der Waals surface area contributed by atoms with E-state index in [1.807, 2.05) is 19.1 Å². The number of rotatable bonds is 3. The van der Waals surface area contributed by atoms with Gasteiger partial charge in [-0.05, 0) is 41.1 Å². The van der Waals surface area contributed by atoms with Gasteiger partial charge in [0.2, 0.25) is 0 Å². The van der Waals surface area contributed by atoms with Crippen LogP contribution in [-0.4, -0.2) is 10.9 Å². The zero-order valence-electron chi connectivity index (χ0n) is 9.54. The molecule has 18 heavy (non-hydrogen) atoms. The molecule has 0 aromatic carbocycles. The van der Waals surface area contributed by atoms with Crippen LogP contribution in [0.3, 0.4) is 0 Å². The zero-order chi connectivity index (χ0) is 13.1. The number of nitrogens with one attached hydrogen (secondary N) is 1. The number of aryl methyl sites for hydroxylation is 1. The van der Waals surface area contributed by atoms with Gasteiger partial charge >= 0.3 is 0 Å². The Hall–Kier alpha value is -1.33. The standard InChI is InChI=1S/C12H10BrClN2O2/c1-7-2-3-9(18-7)6-16-12(17)10-4-8(13)5-15-11(10)14/h2-5H,6H2,1H3,(H,16,17). The lowest BCUT2D eigenvalue weighted by atomic mass is 10.2. The largest absolute Gasteiger partial charge is 0.465 e. The first-order valence-corrected chi connectivity index (χ1v) is 6.38. The SMILES string of the molecule is Cc1ccc(CNC(=O)c2cc(Br)cnc2Cl)o1. The first-order valence-electron chi connectivity index (χ1n) is 5.21. The summed E-state index contributed by atoms with van der Waals surface area (Å²) in [7, 11) is 0. The van der Waals surface area contributed by atoms with Crippen LogP contribution in [0.5, 0.6) is 0 Å². The maximum atomic E-state index is 11.9. The third kappa shape index (κ3) is 3.11. The Balaban J connectivity index is 2.05. The normalized spacial score (nSPS) is 10.4. The van der Waals surface area contributed by atoms with Crippen LogP contribution in [0, 0.1) is 6.92 Å². The van der Waals surface area contributed by atoms with Gasteiger partial charge in [-0.2, -0.15) is 0 Å². The molecule has 2 rings (SSSR count). The molecule has 0 spiro atoms. The molecule has 1 N–H and O–H groups in total. The number of carbonyl (C=O) groups is 1. The van der Waals surface area contributed by atoms with E-state index in [1.54, 1.807) is 6.07 Å². The maximum Gasteiger partial charge on any atom is 0.254 e. The van der Waals surface area contributed by atoms with Crippen molar-refractivity contribution in [2.45, 2.75) is 13.5 Å². The Morgan fingerprint density at radius 2 is 2.33 bits per heavy atom. The fourth-order valence-corrected chi connectivity index (χ4v) is 1.95. The van der Waals surface area contributed by atoms with E-state index in [0.717, 1.165) is 5.76 Å². The van der Waals surface area contributed by atoms with Crippen molar-refractivity contribution >= 4 is 33.4 Å². The molecule has 0 aliphatic carbocycles. The fraction of sp³-hybridized carbons (Fsp3) is 0.167. The number of hydrogen-bond acceptors (Lipinski definition) is 3. The Bertz CT molecular complexity index is 583. The van der Waals surface area contributed by atoms with Crippen LogP contribution < -0.4 is 5.32 Å². The Morgan fingerprint density at radius 1 is 1.56 bits per heavy atom. The summed E-state index contributed by atoms with van der Waals surface area (Å²) in [5, 5.41) is 2.89. The van der Waals surface area contributed by atoms with Crippen LogP contribution >= 0.6 is 27.5 Å². The molecule has 6 heteroatoms. The molecular formula is C12H10BrClN2O2. The average molecular weight is 330 g/mol. The van der Waals surface area contributed by atoms with E-state index in [9.17, 15) is 4.79 Å². The van der Waals surface area contributed by atoms with Crippen molar-refractivity contribution in [2.24, 2.45) is 0 Å². The molecule has 4 nitrogen and oxygen atoms in total. The van der Waals surface area contributed by atoms with Crippen molar-refractivity contribution in [2.75, 3.05) is 0 Å². The van der Waals surface area contributed by atoms with Gasteiger partial charge in [0.15, 0.2) is 0 Å². The summed E-state index contributed by atoms with van der Waals surface area (Å²) in [5.74, 6) is 1.21. The highest BCUT2D eigenvalue weighted by Crippen LogP contribution is 2.18. The number of hydrogen-bond donors (Lipinski definition) is 1. The van der Waals surface area contributed by atoms with E-state index in [0.29, 0.717) is 22.3 Å². The second-order valence-corrected chi connectivity index (χ2v) is 4.96. The summed E-state index contributed by atoms with van der Waals surface area (Å²) in [6.07, 6.45) is 1.54. The van der Waals surface area contributed by atoms with Gasteiger partial charge in [0.05, 0.1) is 12.1 Å². The molecule has 1 amide bonds. The predicted molar refractivity (Wildman–Crippen MR) is 71.6 cm³/mol. The third-order valence-corrected chi connectivity index (χ3v) is 3.00. The Kier molecular flexibility index (Phi) is 4.04. The minimum absolute atomic E-state index is 0.173. The van der Waals surface area contributed by atoms with Crippen molar-refractivity contribution in [1.82, 2.24) is 10.3 Å². The first-order chi connectivity index (χ1) is 8.56. The molecule has 0 radical (unpaired) electrons. The number of aromatic nitrogens is 1. The van der Waals surface area contributed by atoms with E-state index in [-0.39, 0.29) is 11.1 Å². The van der Waals surface area contributed by atoms with Gasteiger partial charge in [-0.15, -0.1) is 0 Å². The number of halogens is 2. The summed E-state index contributed by atoms with van der Waals surface area (Å²) in [6, 6.07) is 5.28. The summed E-state index contributed by atoms with van der Waals surface area (Å²) in [5.41, 5.74) is 0.328. The smallest absolute Gasteiger partial charge is 0.254 e. The lowest BCUT2D eigenvalue weighted by molar-refractivity contribution is 0.0947. The van der Waals surface area contributed by atoms with Crippen molar-refractivity contribution in [3.8, 4) is 0 Å². The van der Waals surface area contributed by atoms with Gasteiger partial charge in [-0.1, -0.05) is 11.6 Å². The lowest BCUT2D eigenvalue weighted by Gasteiger charge is -2.05. The van der Waals surface area contributed by atoms with Crippen molar-refractivity contribution in [3.05, 3.63) is 51.1 Å². The monoisotopic (exact) mass is 328 g/mol. The van der Waals surface area contributed by atoms with Crippen molar-refractivity contribution in [1.29, 1.82) is 0 Å². The quantitative estimate of drug-likeness (QED) is 0.879. The molecule has 2 heterocycles. The molecule has 0 atom stereocenters. The lowest BCUT2D eigenvalue weighted by Crippen LogP contribution is -2.23. The second kappa shape index (κ2) is 5.54. The van der Waals surface area contributed by atoms with E-state index >= 15 is 0 Å². The maximum absolute atomic E-state index is 11.9.